The van der Waals surface area contributed by atoms with E-state index in [1.54, 1.807) is 25.7 Å². The molecule has 0 saturated carbocycles. The number of thiophene rings is 1. The number of aliphatic hydroxyl groups excluding tert-OH is 1. The quantitative estimate of drug-likeness (QED) is 0.247. The van der Waals surface area contributed by atoms with Gasteiger partial charge in [-0.1, -0.05) is 6.07 Å². The van der Waals surface area contributed by atoms with Crippen LogP contribution in [0.3, 0.4) is 0 Å². The molecule has 2 fully saturated rings. The summed E-state index contributed by atoms with van der Waals surface area (Å²) in [5, 5.41) is 13.3. The normalized spacial score (nSPS) is 20.5. The van der Waals surface area contributed by atoms with E-state index in [-0.39, 0.29) is 23.6 Å². The fourth-order valence-corrected chi connectivity index (χ4v) is 5.64. The number of ether oxygens (including phenoxy) is 2. The number of morpholine rings is 1. The molecule has 0 spiro atoms. The molecule has 9 nitrogen and oxygen atoms in total. The molecule has 10 heteroatoms. The van der Waals surface area contributed by atoms with Crippen molar-refractivity contribution in [2.45, 2.75) is 33.2 Å². The first kappa shape index (κ1) is 25.2. The Kier molecular flexibility index (Phi) is 7.73. The van der Waals surface area contributed by atoms with Gasteiger partial charge < -0.3 is 24.5 Å². The lowest BCUT2D eigenvalue weighted by Gasteiger charge is -2.28. The zero-order chi connectivity index (χ0) is 25.1. The number of carbonyl (C=O) groups is 3. The largest absolute Gasteiger partial charge is 0.507 e. The molecule has 2 aromatic rings. The monoisotopic (exact) mass is 501 g/mol. The number of hydrogen-bond acceptors (Lipinski definition) is 8. The Bertz CT molecular complexity index is 1130. The molecule has 4 rings (SSSR count). The van der Waals surface area contributed by atoms with E-state index in [1.165, 1.54) is 11.3 Å². The summed E-state index contributed by atoms with van der Waals surface area (Å²) >= 11 is 1.43. The number of ketones is 1. The van der Waals surface area contributed by atoms with Crippen LogP contribution in [0.2, 0.25) is 0 Å². The molecule has 2 aliphatic heterocycles. The standard InChI is InChI=1S/C25H31N3O6S/c1-4-34-25(32)20-15(2)18(16(3)26-20)22(29)19-21(17-7-5-14-35-17)28(24(31)23(19)30)9-6-8-27-10-12-33-13-11-27/h5,7,14,21,26,29H,4,6,8-13H2,1-3H3/b22-19+/t21-/m1/s1. The van der Waals surface area contributed by atoms with Crippen molar-refractivity contribution in [3.63, 3.8) is 0 Å². The molecule has 0 aliphatic carbocycles. The lowest BCUT2D eigenvalue weighted by atomic mass is 9.97. The van der Waals surface area contributed by atoms with Gasteiger partial charge in [0.25, 0.3) is 11.7 Å². The summed E-state index contributed by atoms with van der Waals surface area (Å²) in [6.45, 7) is 9.60. The molecule has 0 unspecified atom stereocenters. The lowest BCUT2D eigenvalue weighted by Crippen LogP contribution is -2.38. The second-order valence-electron chi connectivity index (χ2n) is 8.66. The van der Waals surface area contributed by atoms with Crippen molar-refractivity contribution >= 4 is 34.8 Å². The molecule has 2 aromatic heterocycles. The summed E-state index contributed by atoms with van der Waals surface area (Å²) in [5.74, 6) is -2.15. The highest BCUT2D eigenvalue weighted by molar-refractivity contribution is 7.10. The van der Waals surface area contributed by atoms with E-state index in [0.717, 1.165) is 24.5 Å². The van der Waals surface area contributed by atoms with E-state index in [9.17, 15) is 19.5 Å². The molecule has 0 aromatic carbocycles. The minimum absolute atomic E-state index is 0.0458. The maximum Gasteiger partial charge on any atom is 0.355 e. The predicted octanol–water partition coefficient (Wildman–Crippen LogP) is 3.01. The maximum absolute atomic E-state index is 13.2. The van der Waals surface area contributed by atoms with Crippen LogP contribution in [0.1, 0.15) is 51.6 Å². The first-order valence-corrected chi connectivity index (χ1v) is 12.7. The zero-order valence-electron chi connectivity index (χ0n) is 20.3. The number of hydrogen-bond donors (Lipinski definition) is 2. The van der Waals surface area contributed by atoms with Crippen molar-refractivity contribution in [3.8, 4) is 0 Å². The predicted molar refractivity (Wildman–Crippen MR) is 131 cm³/mol. The number of likely N-dealkylation sites (tertiary alicyclic amines) is 1. The summed E-state index contributed by atoms with van der Waals surface area (Å²) < 4.78 is 10.5. The Morgan fingerprint density at radius 2 is 2.00 bits per heavy atom. The summed E-state index contributed by atoms with van der Waals surface area (Å²) in [4.78, 5) is 46.3. The van der Waals surface area contributed by atoms with Crippen LogP contribution in [-0.4, -0.2) is 83.5 Å². The molecule has 0 radical (unpaired) electrons. The smallest absolute Gasteiger partial charge is 0.355 e. The van der Waals surface area contributed by atoms with E-state index in [0.29, 0.717) is 43.0 Å². The van der Waals surface area contributed by atoms with Crippen LogP contribution in [0.4, 0.5) is 0 Å². The molecular formula is C25H31N3O6S. The average Bonchev–Trinajstić information content (AvgIpc) is 3.53. The van der Waals surface area contributed by atoms with E-state index in [1.807, 2.05) is 17.5 Å². The fraction of sp³-hybridized carbons (Fsp3) is 0.480. The number of Topliss-reactive ketones (excluding diaryl/α,β-unsaturated/α-hetero) is 1. The van der Waals surface area contributed by atoms with Crippen LogP contribution in [0.25, 0.3) is 5.76 Å². The van der Waals surface area contributed by atoms with Crippen molar-refractivity contribution in [1.82, 2.24) is 14.8 Å². The number of nitrogens with one attached hydrogen (secondary N) is 1. The highest BCUT2D eigenvalue weighted by Gasteiger charge is 2.46. The average molecular weight is 502 g/mol. The van der Waals surface area contributed by atoms with Gasteiger partial charge in [-0.2, -0.15) is 0 Å². The number of rotatable bonds is 8. The van der Waals surface area contributed by atoms with Gasteiger partial charge in [0, 0.05) is 42.3 Å². The Hall–Kier alpha value is -2.95. The van der Waals surface area contributed by atoms with Crippen LogP contribution < -0.4 is 0 Å². The number of carbonyl (C=O) groups excluding carboxylic acids is 3. The number of esters is 1. The first-order valence-electron chi connectivity index (χ1n) is 11.8. The van der Waals surface area contributed by atoms with E-state index in [2.05, 4.69) is 9.88 Å². The number of amides is 1. The second kappa shape index (κ2) is 10.8. The van der Waals surface area contributed by atoms with Gasteiger partial charge in [-0.3, -0.25) is 14.5 Å². The highest BCUT2D eigenvalue weighted by Crippen LogP contribution is 2.42. The van der Waals surface area contributed by atoms with Gasteiger partial charge in [0.2, 0.25) is 0 Å². The van der Waals surface area contributed by atoms with Gasteiger partial charge in [0.05, 0.1) is 31.4 Å². The van der Waals surface area contributed by atoms with Gasteiger partial charge >= 0.3 is 5.97 Å². The molecule has 0 bridgehead atoms. The van der Waals surface area contributed by atoms with Crippen molar-refractivity contribution in [2.75, 3.05) is 46.0 Å². The third kappa shape index (κ3) is 4.91. The Morgan fingerprint density at radius 3 is 2.66 bits per heavy atom. The van der Waals surface area contributed by atoms with Gasteiger partial charge in [-0.15, -0.1) is 11.3 Å². The molecule has 2 N–H and O–H groups in total. The molecule has 2 saturated heterocycles. The van der Waals surface area contributed by atoms with Crippen molar-refractivity contribution < 1.29 is 29.0 Å². The number of H-pyrrole nitrogens is 1. The van der Waals surface area contributed by atoms with Gasteiger partial charge in [0.1, 0.15) is 11.5 Å². The van der Waals surface area contributed by atoms with Crippen molar-refractivity contribution in [1.29, 1.82) is 0 Å². The first-order chi connectivity index (χ1) is 16.8. The van der Waals surface area contributed by atoms with Crippen molar-refractivity contribution in [2.24, 2.45) is 0 Å². The molecule has 35 heavy (non-hydrogen) atoms. The lowest BCUT2D eigenvalue weighted by molar-refractivity contribution is -0.140. The number of aliphatic hydroxyl groups is 1. The van der Waals surface area contributed by atoms with Crippen molar-refractivity contribution in [3.05, 3.63) is 50.5 Å². The number of aryl methyl sites for hydroxylation is 1. The number of aromatic nitrogens is 1. The molecule has 1 atom stereocenters. The summed E-state index contributed by atoms with van der Waals surface area (Å²) in [6.07, 6.45) is 0.699. The van der Waals surface area contributed by atoms with Crippen LogP contribution >= 0.6 is 11.3 Å². The SMILES string of the molecule is CCOC(=O)c1[nH]c(C)c(/C(O)=C2\C(=O)C(=O)N(CCCN3CCOCC3)[C@@H]2c2cccs2)c1C. The maximum atomic E-state index is 13.2. The summed E-state index contributed by atoms with van der Waals surface area (Å²) in [6, 6.07) is 3.04. The Labute approximate surface area is 208 Å². The number of nitrogens with zero attached hydrogens (tertiary/aromatic N) is 2. The summed E-state index contributed by atoms with van der Waals surface area (Å²) in [5.41, 5.74) is 1.61. The minimum Gasteiger partial charge on any atom is -0.507 e. The van der Waals surface area contributed by atoms with Gasteiger partial charge in [-0.25, -0.2) is 4.79 Å². The van der Waals surface area contributed by atoms with Crippen LogP contribution in [0.5, 0.6) is 0 Å². The third-order valence-corrected chi connectivity index (χ3v) is 7.41. The van der Waals surface area contributed by atoms with Gasteiger partial charge in [0.15, 0.2) is 0 Å². The highest BCUT2D eigenvalue weighted by atomic mass is 32.1. The molecule has 2 aliphatic rings. The van der Waals surface area contributed by atoms with Gasteiger partial charge in [-0.05, 0) is 44.2 Å². The molecule has 4 heterocycles. The van der Waals surface area contributed by atoms with Crippen LogP contribution in [0.15, 0.2) is 23.1 Å². The molecular weight excluding hydrogens is 470 g/mol. The number of aromatic amines is 1. The van der Waals surface area contributed by atoms with E-state index < -0.39 is 23.7 Å². The third-order valence-electron chi connectivity index (χ3n) is 6.48. The van der Waals surface area contributed by atoms with Crippen LogP contribution in [0, 0.1) is 13.8 Å². The van der Waals surface area contributed by atoms with E-state index >= 15 is 0 Å². The molecule has 1 amide bonds. The second-order valence-corrected chi connectivity index (χ2v) is 9.64. The van der Waals surface area contributed by atoms with Crippen LogP contribution in [-0.2, 0) is 19.1 Å². The Morgan fingerprint density at radius 1 is 1.26 bits per heavy atom. The minimum atomic E-state index is -0.718. The topological polar surface area (TPSA) is 112 Å². The summed E-state index contributed by atoms with van der Waals surface area (Å²) in [7, 11) is 0. The fourth-order valence-electron chi connectivity index (χ4n) is 4.79. The Balaban J connectivity index is 1.68. The molecule has 188 valence electrons. The van der Waals surface area contributed by atoms with E-state index in [4.69, 9.17) is 9.47 Å². The zero-order valence-corrected chi connectivity index (χ0v) is 21.1.